The number of aromatic nitrogens is 4. The van der Waals surface area contributed by atoms with Gasteiger partial charge in [0, 0.05) is 80.7 Å². The largest absolute Gasteiger partial charge is 0.657 e. The number of hydrogen-bond donors (Lipinski definition) is 0. The number of halogens is 12. The summed E-state index contributed by atoms with van der Waals surface area (Å²) in [5, 5.41) is 12.3. The molecule has 15 aromatic rings. The molecule has 24 heteroatoms. The summed E-state index contributed by atoms with van der Waals surface area (Å²) >= 11 is 92.9. The van der Waals surface area contributed by atoms with Crippen molar-refractivity contribution in [2.75, 3.05) is 21.1 Å². The van der Waals surface area contributed by atoms with Crippen LogP contribution < -0.4 is 38.5 Å². The summed E-state index contributed by atoms with van der Waals surface area (Å²) in [7, 11) is 6.38. The molecule has 124 heavy (non-hydrogen) atoms. The molecule has 0 unspecified atom stereocenters. The molecule has 17 rings (SSSR count). The second kappa shape index (κ2) is 35.1. The van der Waals surface area contributed by atoms with E-state index in [1.54, 1.807) is 72.8 Å². The average Bonchev–Trinajstić information content (AvgIpc) is 1.56. The van der Waals surface area contributed by atoms with E-state index < -0.39 is 5.97 Å². The molecule has 0 amide bonds. The molecule has 3 aromatic heterocycles. The maximum absolute atomic E-state index is 11.9. The minimum atomic E-state index is -1.34. The van der Waals surface area contributed by atoms with E-state index in [1.807, 2.05) is 109 Å². The Labute approximate surface area is 809 Å². The number of aromatic carboxylic acids is 1. The minimum Gasteiger partial charge on any atom is -0.657 e. The zero-order valence-electron chi connectivity index (χ0n) is 67.3. The second-order valence-electron chi connectivity index (χ2n) is 32.5. The van der Waals surface area contributed by atoms with E-state index >= 15 is 0 Å². The van der Waals surface area contributed by atoms with Crippen LogP contribution >= 0.6 is 139 Å². The number of ether oxygens (including phenoxy) is 4. The number of carbonyl (C=O) groups excluding carboxylic acids is 1. The molecule has 0 saturated heterocycles. The summed E-state index contributed by atoms with van der Waals surface area (Å²) in [5.74, 6) is -0.0155. The SMILES string of the molecule is CC(C)(C)c1ccc(-c2ccccc2Oc2c(Cl)c(Cl)c3c(c2Cl)-c2cc4[n-]c(cc5nc(cc6[n-]c(cc-3n2)c2c(Cl)c(Cl)c(Oc3ccccc3-c3ccc(C(=O)[O-])cc3)c(Cl)c62)-c2c(Cl)c(Oc3ccc(/C=C/C=C/c6ccc([N+](C)(C)C)cc6)cc3)c(Cl)c(Cl)c2-5)c2c(Cl)c(Cl)c(Oc3ccccc3-c3ccc(C(C)(C)C)cc3)c(Cl)c42)cc1.[Ce]. The molecule has 0 N–H and O–H groups in total. The Morgan fingerprint density at radius 3 is 0.992 bits per heavy atom. The van der Waals surface area contributed by atoms with Crippen molar-refractivity contribution in [3.8, 4) is 124 Å². The summed E-state index contributed by atoms with van der Waals surface area (Å²) in [6.07, 6.45) is 7.94. The van der Waals surface area contributed by atoms with E-state index in [4.69, 9.17) is 178 Å². The number of rotatable bonds is 16. The summed E-state index contributed by atoms with van der Waals surface area (Å²) in [5.41, 5.74) is 11.7. The number of fused-ring (bicyclic) bond motifs is 20. The monoisotopic (exact) mass is 1990 g/mol. The molecule has 0 radical (unpaired) electrons. The molecule has 8 bridgehead atoms. The predicted molar refractivity (Wildman–Crippen MR) is 511 cm³/mol. The van der Waals surface area contributed by atoms with Gasteiger partial charge >= 0.3 is 0 Å². The van der Waals surface area contributed by atoms with Gasteiger partial charge in [-0.05, 0) is 156 Å². The molecular weight excluding hydrogens is 1930 g/mol. The molecule has 0 spiro atoms. The van der Waals surface area contributed by atoms with Gasteiger partial charge in [0.2, 0.25) is 0 Å². The van der Waals surface area contributed by atoms with Crippen LogP contribution in [-0.2, 0) is 10.8 Å². The first-order valence-electron chi connectivity index (χ1n) is 38.6. The summed E-state index contributed by atoms with van der Waals surface area (Å²) < 4.78 is 28.2. The van der Waals surface area contributed by atoms with E-state index in [2.05, 4.69) is 111 Å². The van der Waals surface area contributed by atoms with E-state index in [0.717, 1.165) is 44.5 Å². The van der Waals surface area contributed by atoms with E-state index in [0.29, 0.717) is 32.9 Å². The quantitative estimate of drug-likeness (QED) is 0.0523. The van der Waals surface area contributed by atoms with Crippen molar-refractivity contribution in [2.45, 2.75) is 52.4 Å². The van der Waals surface area contributed by atoms with Crippen LogP contribution in [0.2, 0.25) is 60.3 Å². The number of nitrogens with zero attached hydrogens (tertiary/aromatic N) is 5. The third-order valence-corrected chi connectivity index (χ3v) is 26.3. The Morgan fingerprint density at radius 2 is 0.653 bits per heavy atom. The van der Waals surface area contributed by atoms with Crippen LogP contribution in [0.5, 0.6) is 46.0 Å². The van der Waals surface area contributed by atoms with Crippen LogP contribution in [0.25, 0.3) is 134 Å². The number of allylic oxidation sites excluding steroid dienone is 2. The zero-order chi connectivity index (χ0) is 86.7. The molecule has 0 atom stereocenters. The van der Waals surface area contributed by atoms with Crippen molar-refractivity contribution in [3.05, 3.63) is 319 Å². The van der Waals surface area contributed by atoms with Crippen LogP contribution in [0.15, 0.2) is 231 Å². The molecule has 0 fully saturated rings. The Bertz CT molecular complexity index is 7160. The van der Waals surface area contributed by atoms with Gasteiger partial charge in [-0.2, -0.15) is 0 Å². The maximum Gasteiger partial charge on any atom is 0.166 e. The number of carbonyl (C=O) groups is 1. The molecule has 618 valence electrons. The zero-order valence-corrected chi connectivity index (χ0v) is 79.5. The average molecular weight is 2000 g/mol. The van der Waals surface area contributed by atoms with Crippen LogP contribution in [0.1, 0.15) is 74.2 Å². The van der Waals surface area contributed by atoms with Gasteiger partial charge in [0.05, 0.1) is 90.1 Å². The first kappa shape index (κ1) is 88.7. The first-order valence-corrected chi connectivity index (χ1v) is 43.2. The Balaban J connectivity index is 0.0000114. The fourth-order valence-electron chi connectivity index (χ4n) is 15.1. The van der Waals surface area contributed by atoms with Crippen LogP contribution in [0.4, 0.5) is 5.69 Å². The molecule has 2 aliphatic rings. The van der Waals surface area contributed by atoms with Crippen LogP contribution in [-0.4, -0.2) is 37.1 Å². The van der Waals surface area contributed by atoms with Crippen molar-refractivity contribution >= 4 is 207 Å². The number of carboxylic acid groups (broad SMARTS) is 1. The van der Waals surface area contributed by atoms with Crippen molar-refractivity contribution in [2.24, 2.45) is 0 Å². The Hall–Kier alpha value is -8.75. The van der Waals surface area contributed by atoms with Gasteiger partial charge < -0.3 is 38.8 Å². The molecule has 5 heterocycles. The normalized spacial score (nSPS) is 12.2. The van der Waals surface area contributed by atoms with Gasteiger partial charge in [-0.3, -0.25) is 4.48 Å². The van der Waals surface area contributed by atoms with Gasteiger partial charge in [0.25, 0.3) is 0 Å². The van der Waals surface area contributed by atoms with Gasteiger partial charge in [-0.1, -0.05) is 345 Å². The number of para-hydroxylation sites is 3. The van der Waals surface area contributed by atoms with Gasteiger partial charge in [0.1, 0.15) is 48.8 Å². The van der Waals surface area contributed by atoms with E-state index in [9.17, 15) is 9.90 Å². The third kappa shape index (κ3) is 16.8. The van der Waals surface area contributed by atoms with Crippen molar-refractivity contribution < 1.29 is 70.6 Å². The summed E-state index contributed by atoms with van der Waals surface area (Å²) in [6.45, 7) is 12.9. The summed E-state index contributed by atoms with van der Waals surface area (Å²) in [4.78, 5) is 33.6. The fourth-order valence-corrected chi connectivity index (χ4v) is 18.6. The molecule has 11 nitrogen and oxygen atoms in total. The fraction of sp³-hybridized carbons (Fsp3) is 0.110. The van der Waals surface area contributed by atoms with Gasteiger partial charge in [-0.25, -0.2) is 9.97 Å². The Morgan fingerprint density at radius 1 is 0.355 bits per heavy atom. The standard InChI is InChI=1S/C100H69Cl12N5O6.Ce/c1-99(2,3)56-38-34-53(35-39-56)61-21-13-16-24-72(61)122-96-88(107)80-69-49-70-81-77(85(104)93(112)97(89(81)108)123-73-25-17-14-22-62(73)54-36-40-57(41-37-54)100(4,5)6)66(116-70)47-65-76-79(87(106)95(91(110)83(76)102)121-71-23-15-12-20-60(71)52-30-32-55(33-31-52)98(118)119)68(114-65)48-67-78-74(63(113-67)46-64(115-69)75(80)84(103)92(96)111)82(101)90(109)94(86(78)105)120-59-44-28-51(29-45-59)19-11-10-18-50-26-42-58(43-27-50)117(7,8)9;/h10-49H,1-9H3,(H2-,113,114,115,116,118,119);/p-2/b18-10+,19-11+,63-46?,64-46?,65-47?,66-47?,67-48?,68-48?,69-49?,70-49?;. The maximum atomic E-state index is 11.9. The predicted octanol–water partition coefficient (Wildman–Crippen LogP) is 32.4. The Kier molecular flexibility index (Phi) is 25.1. The van der Waals surface area contributed by atoms with Crippen molar-refractivity contribution in [3.63, 3.8) is 0 Å². The van der Waals surface area contributed by atoms with Crippen LogP contribution in [0, 0.1) is 41.7 Å². The molecular formula is C100H67CeCl12N5O6-2. The van der Waals surface area contributed by atoms with Crippen molar-refractivity contribution in [1.82, 2.24) is 24.4 Å². The van der Waals surface area contributed by atoms with Crippen LogP contribution in [0.3, 0.4) is 0 Å². The number of carboxylic acids is 1. The smallest absolute Gasteiger partial charge is 0.166 e. The number of quaternary nitrogens is 1. The minimum absolute atomic E-state index is 0. The van der Waals surface area contributed by atoms with Crippen molar-refractivity contribution in [1.29, 1.82) is 0 Å². The molecule has 0 saturated carbocycles. The molecule has 12 aromatic carbocycles. The third-order valence-electron chi connectivity index (χ3n) is 21.5. The second-order valence-corrected chi connectivity index (χ2v) is 37.0. The van der Waals surface area contributed by atoms with E-state index in [1.165, 1.54) is 17.8 Å². The topological polar surface area (TPSA) is 131 Å². The molecule has 0 aliphatic carbocycles. The summed E-state index contributed by atoms with van der Waals surface area (Å²) in [6, 6.07) is 67.1. The number of hydrogen-bond acceptors (Lipinski definition) is 8. The van der Waals surface area contributed by atoms with E-state index in [-0.39, 0.29) is 236 Å². The van der Waals surface area contributed by atoms with Gasteiger partial charge in [0.15, 0.2) is 23.0 Å². The van der Waals surface area contributed by atoms with Gasteiger partial charge in [-0.15, -0.1) is 22.1 Å². The molecule has 2 aliphatic heterocycles. The number of benzene rings is 12. The first-order chi connectivity index (χ1) is 58.7.